The van der Waals surface area contributed by atoms with E-state index in [0.717, 1.165) is 12.8 Å². The molecule has 0 aromatic carbocycles. The molecular weight excluding hydrogens is 524 g/mol. The average molecular weight is 575 g/mol. The van der Waals surface area contributed by atoms with E-state index in [1.54, 1.807) is 18.3 Å². The summed E-state index contributed by atoms with van der Waals surface area (Å²) >= 11 is 0. The summed E-state index contributed by atoms with van der Waals surface area (Å²) in [6.45, 7) is 2.78. The quantitative estimate of drug-likeness (QED) is 0.125. The van der Waals surface area contributed by atoms with Crippen LogP contribution in [0.4, 0.5) is 9.59 Å². The summed E-state index contributed by atoms with van der Waals surface area (Å²) < 4.78 is 20.9. The zero-order valence-electron chi connectivity index (χ0n) is 24.8. The Labute approximate surface area is 245 Å². The number of alkyl carbamates (subject to hydrolysis) is 2. The predicted molar refractivity (Wildman–Crippen MR) is 158 cm³/mol. The lowest BCUT2D eigenvalue weighted by molar-refractivity contribution is 0.0323. The largest absolute Gasteiger partial charge is 0.465 e. The Kier molecular flexibility index (Phi) is 19.4. The van der Waals surface area contributed by atoms with Crippen LogP contribution in [0.25, 0.3) is 0 Å². The van der Waals surface area contributed by atoms with E-state index in [9.17, 15) is 9.59 Å². The monoisotopic (exact) mass is 574 g/mol. The molecule has 2 aromatic heterocycles. The first kappa shape index (κ1) is 33.9. The molecule has 10 nitrogen and oxygen atoms in total. The van der Waals surface area contributed by atoms with Gasteiger partial charge in [-0.3, -0.25) is 4.98 Å². The number of amides is 2. The Morgan fingerprint density at radius 1 is 0.780 bits per heavy atom. The summed E-state index contributed by atoms with van der Waals surface area (Å²) in [6.07, 6.45) is 20.5. The third-order valence-corrected chi connectivity index (χ3v) is 6.69. The van der Waals surface area contributed by atoms with Crippen molar-refractivity contribution in [2.45, 2.75) is 116 Å². The maximum atomic E-state index is 12.1. The van der Waals surface area contributed by atoms with Gasteiger partial charge in [0.2, 0.25) is 0 Å². The van der Waals surface area contributed by atoms with Crippen molar-refractivity contribution in [3.05, 3.63) is 42.4 Å². The standard InChI is InChI=1S/C31H50N4O6/c1-2-3-4-5-6-7-8-9-10-11-12-13-14-15-17-22-33-30(36)38-25-28(41-29-20-23-40-35-29)26-39-31(37)34-24-27-19-16-18-21-32-27/h16,18-21,23,28H,2-15,17,22,24-26H2,1H3,(H,33,36)(H,34,37)/t28-/m1/s1. The van der Waals surface area contributed by atoms with Crippen LogP contribution in [0.1, 0.15) is 109 Å². The highest BCUT2D eigenvalue weighted by Crippen LogP contribution is 2.13. The van der Waals surface area contributed by atoms with Gasteiger partial charge in [0.15, 0.2) is 6.10 Å². The van der Waals surface area contributed by atoms with Gasteiger partial charge in [-0.25, -0.2) is 9.59 Å². The second kappa shape index (κ2) is 23.4. The molecule has 0 radical (unpaired) electrons. The van der Waals surface area contributed by atoms with Crippen molar-refractivity contribution < 1.29 is 28.3 Å². The molecule has 2 aromatic rings. The van der Waals surface area contributed by atoms with Gasteiger partial charge in [0, 0.05) is 18.8 Å². The summed E-state index contributed by atoms with van der Waals surface area (Å²) in [4.78, 5) is 28.4. The Morgan fingerprint density at radius 3 is 1.90 bits per heavy atom. The van der Waals surface area contributed by atoms with Crippen molar-refractivity contribution in [1.29, 1.82) is 0 Å². The molecule has 2 amide bonds. The Bertz CT molecular complexity index is 897. The summed E-state index contributed by atoms with van der Waals surface area (Å²) in [5.41, 5.74) is 0.703. The van der Waals surface area contributed by atoms with E-state index >= 15 is 0 Å². The number of unbranched alkanes of at least 4 members (excludes halogenated alkanes) is 14. The molecular formula is C31H50N4O6. The first-order valence-corrected chi connectivity index (χ1v) is 15.5. The summed E-state index contributed by atoms with van der Waals surface area (Å²) in [6, 6.07) is 6.94. The van der Waals surface area contributed by atoms with E-state index in [4.69, 9.17) is 18.7 Å². The van der Waals surface area contributed by atoms with Crippen molar-refractivity contribution in [2.75, 3.05) is 19.8 Å². The SMILES string of the molecule is CCCCCCCCCCCCCCCCCNC(=O)OC[C@H](COC(=O)NCc1ccccn1)Oc1ccon1. The first-order valence-electron chi connectivity index (χ1n) is 15.5. The molecule has 41 heavy (non-hydrogen) atoms. The Balaban J connectivity index is 1.47. The number of carbonyl (C=O) groups is 2. The van der Waals surface area contributed by atoms with Crippen LogP contribution in [-0.2, 0) is 16.0 Å². The molecule has 1 atom stereocenters. The fourth-order valence-electron chi connectivity index (χ4n) is 4.34. The Hall–Kier alpha value is -3.30. The van der Waals surface area contributed by atoms with Gasteiger partial charge in [0.1, 0.15) is 19.5 Å². The number of pyridine rings is 1. The molecule has 0 unspecified atom stereocenters. The molecule has 0 saturated carbocycles. The van der Waals surface area contributed by atoms with Crippen molar-refractivity contribution in [3.63, 3.8) is 0 Å². The second-order valence-electron chi connectivity index (χ2n) is 10.3. The molecule has 0 aliphatic rings. The van der Waals surface area contributed by atoms with Crippen LogP contribution >= 0.6 is 0 Å². The second-order valence-corrected chi connectivity index (χ2v) is 10.3. The van der Waals surface area contributed by atoms with Crippen LogP contribution in [0.5, 0.6) is 5.88 Å². The van der Waals surface area contributed by atoms with Gasteiger partial charge in [-0.2, -0.15) is 0 Å². The third kappa shape index (κ3) is 18.6. The lowest BCUT2D eigenvalue weighted by Gasteiger charge is -2.17. The first-order chi connectivity index (χ1) is 20.2. The molecule has 2 rings (SSSR count). The van der Waals surface area contributed by atoms with E-state index in [0.29, 0.717) is 12.2 Å². The summed E-state index contributed by atoms with van der Waals surface area (Å²) in [5, 5.41) is 9.08. The van der Waals surface area contributed by atoms with Crippen molar-refractivity contribution >= 4 is 12.2 Å². The van der Waals surface area contributed by atoms with Crippen LogP contribution in [0.2, 0.25) is 0 Å². The molecule has 0 aliphatic carbocycles. The van der Waals surface area contributed by atoms with Crippen molar-refractivity contribution in [3.8, 4) is 5.88 Å². The number of nitrogens with zero attached hydrogens (tertiary/aromatic N) is 2. The van der Waals surface area contributed by atoms with Crippen molar-refractivity contribution in [1.82, 2.24) is 20.8 Å². The minimum absolute atomic E-state index is 0.120. The molecule has 2 heterocycles. The smallest absolute Gasteiger partial charge is 0.407 e. The molecule has 0 spiro atoms. The minimum Gasteiger partial charge on any atom is -0.465 e. The lowest BCUT2D eigenvalue weighted by atomic mass is 10.0. The maximum absolute atomic E-state index is 12.1. The highest BCUT2D eigenvalue weighted by atomic mass is 16.6. The van der Waals surface area contributed by atoms with E-state index in [1.165, 1.54) is 95.8 Å². The third-order valence-electron chi connectivity index (χ3n) is 6.69. The van der Waals surface area contributed by atoms with Gasteiger partial charge in [-0.1, -0.05) is 103 Å². The highest BCUT2D eigenvalue weighted by Gasteiger charge is 2.18. The summed E-state index contributed by atoms with van der Waals surface area (Å²) in [7, 11) is 0. The minimum atomic E-state index is -0.753. The fourth-order valence-corrected chi connectivity index (χ4v) is 4.34. The topological polar surface area (TPSA) is 125 Å². The van der Waals surface area contributed by atoms with Crippen LogP contribution in [0, 0.1) is 0 Å². The number of hydrogen-bond acceptors (Lipinski definition) is 8. The van der Waals surface area contributed by atoms with Gasteiger partial charge in [-0.15, -0.1) is 0 Å². The number of nitrogens with one attached hydrogen (secondary N) is 2. The zero-order chi connectivity index (χ0) is 29.2. The van der Waals surface area contributed by atoms with E-state index in [2.05, 4.69) is 27.7 Å². The predicted octanol–water partition coefficient (Wildman–Crippen LogP) is 7.34. The molecule has 0 aliphatic heterocycles. The highest BCUT2D eigenvalue weighted by molar-refractivity contribution is 5.67. The van der Waals surface area contributed by atoms with E-state index in [-0.39, 0.29) is 25.6 Å². The zero-order valence-corrected chi connectivity index (χ0v) is 24.8. The van der Waals surface area contributed by atoms with Crippen LogP contribution in [0.3, 0.4) is 0 Å². The maximum Gasteiger partial charge on any atom is 0.407 e. The van der Waals surface area contributed by atoms with Crippen molar-refractivity contribution in [2.24, 2.45) is 0 Å². The van der Waals surface area contributed by atoms with Gasteiger partial charge in [0.25, 0.3) is 5.88 Å². The molecule has 0 saturated heterocycles. The number of hydrogen-bond donors (Lipinski definition) is 2. The fraction of sp³-hybridized carbons (Fsp3) is 0.677. The van der Waals surface area contributed by atoms with Crippen LogP contribution in [0.15, 0.2) is 41.2 Å². The van der Waals surface area contributed by atoms with Gasteiger partial charge in [0.05, 0.1) is 12.2 Å². The van der Waals surface area contributed by atoms with E-state index in [1.807, 2.05) is 6.07 Å². The van der Waals surface area contributed by atoms with Gasteiger partial charge < -0.3 is 29.4 Å². The number of rotatable bonds is 24. The van der Waals surface area contributed by atoms with E-state index < -0.39 is 18.3 Å². The lowest BCUT2D eigenvalue weighted by Crippen LogP contribution is -2.36. The summed E-state index contributed by atoms with van der Waals surface area (Å²) in [5.74, 6) is 0.203. The average Bonchev–Trinajstić information content (AvgIpc) is 3.51. The van der Waals surface area contributed by atoms with Gasteiger partial charge >= 0.3 is 12.2 Å². The molecule has 10 heteroatoms. The molecule has 2 N–H and O–H groups in total. The van der Waals surface area contributed by atoms with Gasteiger partial charge in [-0.05, 0) is 23.7 Å². The van der Waals surface area contributed by atoms with Crippen LogP contribution in [-0.4, -0.2) is 48.2 Å². The number of aromatic nitrogens is 2. The van der Waals surface area contributed by atoms with Crippen LogP contribution < -0.4 is 15.4 Å². The molecule has 0 bridgehead atoms. The normalized spacial score (nSPS) is 11.5. The Morgan fingerprint density at radius 2 is 1.37 bits per heavy atom. The number of carbonyl (C=O) groups excluding carboxylic acids is 2. The molecule has 0 fully saturated rings. The molecule has 230 valence electrons. The number of ether oxygens (including phenoxy) is 3.